The second-order valence-electron chi connectivity index (χ2n) is 5.13. The fourth-order valence-electron chi connectivity index (χ4n) is 2.03. The third kappa shape index (κ3) is 3.06. The zero-order valence-electron chi connectivity index (χ0n) is 11.9. The van der Waals surface area contributed by atoms with Gasteiger partial charge in [0, 0.05) is 5.71 Å². The van der Waals surface area contributed by atoms with Crippen LogP contribution in [-0.2, 0) is 0 Å². The lowest BCUT2D eigenvalue weighted by Crippen LogP contribution is -2.02. The van der Waals surface area contributed by atoms with Crippen molar-refractivity contribution < 1.29 is 0 Å². The van der Waals surface area contributed by atoms with Gasteiger partial charge in [-0.2, -0.15) is 0 Å². The van der Waals surface area contributed by atoms with Crippen LogP contribution in [0.15, 0.2) is 45.6 Å². The van der Waals surface area contributed by atoms with E-state index in [1.165, 1.54) is 27.9 Å². The summed E-state index contributed by atoms with van der Waals surface area (Å²) in [4.78, 5) is 0. The van der Waals surface area contributed by atoms with Gasteiger partial charge in [0.2, 0.25) is 0 Å². The molecule has 0 amide bonds. The van der Waals surface area contributed by atoms with E-state index in [9.17, 15) is 0 Å². The maximum Gasteiger partial charge on any atom is 0.0318 e. The minimum absolute atomic E-state index is 0.658. The van der Waals surface area contributed by atoms with Crippen LogP contribution in [0.4, 0.5) is 0 Å². The molecular formula is C16H23N. The quantitative estimate of drug-likeness (QED) is 0.521. The SMILES string of the molecule is CC(=N)/C(C)=C(/C1=CC=C(C)C1)C(C)=C(C)C. The first-order valence-electron chi connectivity index (χ1n) is 6.12. The van der Waals surface area contributed by atoms with Crippen LogP contribution in [-0.4, -0.2) is 5.71 Å². The Hall–Kier alpha value is -1.37. The lowest BCUT2D eigenvalue weighted by Gasteiger charge is -2.16. The summed E-state index contributed by atoms with van der Waals surface area (Å²) in [6, 6.07) is 0. The first-order valence-corrected chi connectivity index (χ1v) is 6.12. The normalized spacial score (nSPS) is 16.1. The van der Waals surface area contributed by atoms with Gasteiger partial charge in [0.25, 0.3) is 0 Å². The molecule has 0 aromatic heterocycles. The average molecular weight is 229 g/mol. The summed E-state index contributed by atoms with van der Waals surface area (Å²) in [5.41, 5.74) is 8.41. The molecule has 0 heterocycles. The maximum absolute atomic E-state index is 7.85. The lowest BCUT2D eigenvalue weighted by molar-refractivity contribution is 1.12. The summed E-state index contributed by atoms with van der Waals surface area (Å²) in [5.74, 6) is 0. The molecule has 0 atom stereocenters. The summed E-state index contributed by atoms with van der Waals surface area (Å²) in [6.45, 7) is 12.5. The minimum atomic E-state index is 0.658. The minimum Gasteiger partial charge on any atom is -0.305 e. The van der Waals surface area contributed by atoms with E-state index in [0.29, 0.717) is 5.71 Å². The molecule has 0 fully saturated rings. The van der Waals surface area contributed by atoms with Crippen LogP contribution >= 0.6 is 0 Å². The lowest BCUT2D eigenvalue weighted by atomic mass is 9.89. The number of allylic oxidation sites excluding steroid dienone is 8. The summed E-state index contributed by atoms with van der Waals surface area (Å²) < 4.78 is 0. The van der Waals surface area contributed by atoms with Crippen LogP contribution < -0.4 is 0 Å². The summed E-state index contributed by atoms with van der Waals surface area (Å²) in [6.07, 6.45) is 5.40. The molecule has 0 aromatic carbocycles. The third-order valence-corrected chi connectivity index (χ3v) is 3.42. The van der Waals surface area contributed by atoms with Gasteiger partial charge in [0.05, 0.1) is 0 Å². The molecule has 0 bridgehead atoms. The molecule has 0 saturated carbocycles. The Balaban J connectivity index is 3.29. The second-order valence-corrected chi connectivity index (χ2v) is 5.13. The molecule has 1 N–H and O–H groups in total. The van der Waals surface area contributed by atoms with Crippen LogP contribution in [0, 0.1) is 5.41 Å². The van der Waals surface area contributed by atoms with Gasteiger partial charge in [0.1, 0.15) is 0 Å². The van der Waals surface area contributed by atoms with E-state index in [4.69, 9.17) is 5.41 Å². The van der Waals surface area contributed by atoms with Crippen molar-refractivity contribution >= 4 is 5.71 Å². The first kappa shape index (κ1) is 13.7. The van der Waals surface area contributed by atoms with E-state index in [2.05, 4.69) is 46.8 Å². The third-order valence-electron chi connectivity index (χ3n) is 3.42. The molecule has 0 spiro atoms. The Bertz CT molecular complexity index is 464. The molecule has 1 rings (SSSR count). The number of hydrogen-bond acceptors (Lipinski definition) is 1. The van der Waals surface area contributed by atoms with Crippen LogP contribution in [0.1, 0.15) is 48.0 Å². The second kappa shape index (κ2) is 5.31. The predicted molar refractivity (Wildman–Crippen MR) is 76.6 cm³/mol. The molecule has 1 aliphatic carbocycles. The first-order chi connectivity index (χ1) is 7.84. The van der Waals surface area contributed by atoms with Crippen molar-refractivity contribution in [2.45, 2.75) is 48.0 Å². The predicted octanol–water partition coefficient (Wildman–Crippen LogP) is 4.98. The van der Waals surface area contributed by atoms with Crippen LogP contribution in [0.3, 0.4) is 0 Å². The Morgan fingerprint density at radius 3 is 1.94 bits per heavy atom. The maximum atomic E-state index is 7.85. The highest BCUT2D eigenvalue weighted by atomic mass is 14.4. The fraction of sp³-hybridized carbons (Fsp3) is 0.438. The highest BCUT2D eigenvalue weighted by molar-refractivity contribution is 5.97. The number of hydrogen-bond donors (Lipinski definition) is 1. The Morgan fingerprint density at radius 2 is 1.59 bits per heavy atom. The van der Waals surface area contributed by atoms with Gasteiger partial charge in [-0.3, -0.25) is 0 Å². The molecule has 17 heavy (non-hydrogen) atoms. The van der Waals surface area contributed by atoms with E-state index < -0.39 is 0 Å². The summed E-state index contributed by atoms with van der Waals surface area (Å²) >= 11 is 0. The van der Waals surface area contributed by atoms with Crippen molar-refractivity contribution in [2.75, 3.05) is 0 Å². The zero-order valence-corrected chi connectivity index (χ0v) is 11.9. The van der Waals surface area contributed by atoms with Crippen molar-refractivity contribution in [1.29, 1.82) is 5.41 Å². The highest BCUT2D eigenvalue weighted by Gasteiger charge is 2.15. The smallest absolute Gasteiger partial charge is 0.0318 e. The molecule has 0 aliphatic heterocycles. The molecule has 0 radical (unpaired) electrons. The molecular weight excluding hydrogens is 206 g/mol. The summed E-state index contributed by atoms with van der Waals surface area (Å²) in [7, 11) is 0. The Kier molecular flexibility index (Phi) is 4.28. The number of nitrogens with one attached hydrogen (secondary N) is 1. The molecule has 0 aromatic rings. The van der Waals surface area contributed by atoms with Crippen LogP contribution in [0.25, 0.3) is 0 Å². The van der Waals surface area contributed by atoms with E-state index in [1.54, 1.807) is 0 Å². The van der Waals surface area contributed by atoms with Gasteiger partial charge in [0.15, 0.2) is 0 Å². The molecule has 92 valence electrons. The van der Waals surface area contributed by atoms with Crippen LogP contribution in [0.5, 0.6) is 0 Å². The van der Waals surface area contributed by atoms with Crippen molar-refractivity contribution in [2.24, 2.45) is 0 Å². The largest absolute Gasteiger partial charge is 0.305 e. The van der Waals surface area contributed by atoms with Gasteiger partial charge >= 0.3 is 0 Å². The Morgan fingerprint density at radius 1 is 1.00 bits per heavy atom. The topological polar surface area (TPSA) is 23.9 Å². The van der Waals surface area contributed by atoms with Crippen molar-refractivity contribution in [3.63, 3.8) is 0 Å². The molecule has 1 heteroatoms. The number of rotatable bonds is 3. The summed E-state index contributed by atoms with van der Waals surface area (Å²) in [5, 5.41) is 7.85. The van der Waals surface area contributed by atoms with Gasteiger partial charge in [-0.05, 0) is 70.3 Å². The highest BCUT2D eigenvalue weighted by Crippen LogP contribution is 2.33. The van der Waals surface area contributed by atoms with Crippen LogP contribution in [0.2, 0.25) is 0 Å². The Labute approximate surface area is 105 Å². The fourth-order valence-corrected chi connectivity index (χ4v) is 2.03. The van der Waals surface area contributed by atoms with Gasteiger partial charge in [-0.15, -0.1) is 0 Å². The monoisotopic (exact) mass is 229 g/mol. The molecule has 0 unspecified atom stereocenters. The van der Waals surface area contributed by atoms with E-state index in [1.807, 2.05) is 6.92 Å². The van der Waals surface area contributed by atoms with Crippen molar-refractivity contribution in [3.8, 4) is 0 Å². The zero-order chi connectivity index (χ0) is 13.2. The van der Waals surface area contributed by atoms with Crippen molar-refractivity contribution in [3.05, 3.63) is 45.6 Å². The van der Waals surface area contributed by atoms with E-state index in [-0.39, 0.29) is 0 Å². The standard InChI is InChI=1S/C16H23N/c1-10(2)12(4)16(13(5)14(6)17)15-8-7-11(3)9-15/h7-8,17H,9H2,1-6H3/b16-13+,17-14?. The molecule has 0 saturated heterocycles. The molecule has 1 aliphatic rings. The molecule has 1 nitrogen and oxygen atoms in total. The van der Waals surface area contributed by atoms with Crippen molar-refractivity contribution in [1.82, 2.24) is 0 Å². The van der Waals surface area contributed by atoms with E-state index >= 15 is 0 Å². The average Bonchev–Trinajstić information content (AvgIpc) is 2.64. The van der Waals surface area contributed by atoms with Gasteiger partial charge < -0.3 is 5.41 Å². The van der Waals surface area contributed by atoms with E-state index in [0.717, 1.165) is 12.0 Å². The van der Waals surface area contributed by atoms with Gasteiger partial charge in [-0.1, -0.05) is 23.3 Å². The van der Waals surface area contributed by atoms with Gasteiger partial charge in [-0.25, -0.2) is 0 Å².